The number of nitrogen functional groups attached to an aromatic ring is 1. The molecule has 4 nitrogen and oxygen atoms in total. The van der Waals surface area contributed by atoms with Crippen molar-refractivity contribution < 1.29 is 0 Å². The van der Waals surface area contributed by atoms with Gasteiger partial charge in [0.2, 0.25) is 0 Å². The first kappa shape index (κ1) is 11.3. The van der Waals surface area contributed by atoms with Crippen LogP contribution in [0.3, 0.4) is 0 Å². The third-order valence-corrected chi connectivity index (χ3v) is 3.49. The summed E-state index contributed by atoms with van der Waals surface area (Å²) >= 11 is 0. The highest BCUT2D eigenvalue weighted by molar-refractivity contribution is 5.52. The van der Waals surface area contributed by atoms with E-state index in [1.54, 1.807) is 0 Å². The van der Waals surface area contributed by atoms with Gasteiger partial charge in [-0.15, -0.1) is 0 Å². The number of aryl methyl sites for hydroxylation is 1. The van der Waals surface area contributed by atoms with Crippen LogP contribution in [0.5, 0.6) is 0 Å². The van der Waals surface area contributed by atoms with Gasteiger partial charge in [-0.25, -0.2) is 0 Å². The Balaban J connectivity index is 1.63. The predicted octanol–water partition coefficient (Wildman–Crippen LogP) is 1.79. The van der Waals surface area contributed by atoms with E-state index >= 15 is 0 Å². The van der Waals surface area contributed by atoms with Crippen molar-refractivity contribution in [1.82, 2.24) is 14.7 Å². The number of hydrogen-bond donors (Lipinski definition) is 1. The lowest BCUT2D eigenvalue weighted by Crippen LogP contribution is -2.22. The maximum Gasteiger partial charge on any atom is 0.0536 e. The third-order valence-electron chi connectivity index (χ3n) is 3.49. The Morgan fingerprint density at radius 3 is 2.89 bits per heavy atom. The largest absolute Gasteiger partial charge is 0.398 e. The second-order valence-electron chi connectivity index (χ2n) is 4.98. The summed E-state index contributed by atoms with van der Waals surface area (Å²) in [5, 5.41) is 4.31. The summed E-state index contributed by atoms with van der Waals surface area (Å²) in [4.78, 5) is 2.41. The van der Waals surface area contributed by atoms with E-state index in [1.165, 1.54) is 16.7 Å². The minimum atomic E-state index is 0.921. The van der Waals surface area contributed by atoms with Gasteiger partial charge in [0.25, 0.3) is 0 Å². The number of rotatable bonds is 3. The molecule has 2 N–H and O–H groups in total. The van der Waals surface area contributed by atoms with E-state index in [4.69, 9.17) is 5.73 Å². The zero-order chi connectivity index (χ0) is 12.5. The fourth-order valence-electron chi connectivity index (χ4n) is 2.51. The monoisotopic (exact) mass is 242 g/mol. The fraction of sp³-hybridized carbons (Fsp3) is 0.357. The van der Waals surface area contributed by atoms with Crippen LogP contribution in [0.1, 0.15) is 16.7 Å². The van der Waals surface area contributed by atoms with Crippen LogP contribution in [-0.4, -0.2) is 21.2 Å². The van der Waals surface area contributed by atoms with E-state index in [1.807, 2.05) is 23.0 Å². The van der Waals surface area contributed by atoms with Gasteiger partial charge >= 0.3 is 0 Å². The number of benzene rings is 1. The molecule has 4 heteroatoms. The van der Waals surface area contributed by atoms with Crippen molar-refractivity contribution in [2.75, 3.05) is 12.3 Å². The lowest BCUT2D eigenvalue weighted by atomic mass is 10.1. The molecule has 1 aromatic carbocycles. The normalized spacial score (nSPS) is 14.9. The molecule has 0 amide bonds. The molecule has 1 aliphatic rings. The van der Waals surface area contributed by atoms with Crippen LogP contribution in [0.25, 0.3) is 0 Å². The van der Waals surface area contributed by atoms with E-state index in [0.29, 0.717) is 0 Å². The van der Waals surface area contributed by atoms with Crippen LogP contribution in [-0.2, 0) is 19.6 Å². The topological polar surface area (TPSA) is 47.1 Å². The maximum absolute atomic E-state index is 6.00. The van der Waals surface area contributed by atoms with E-state index in [0.717, 1.165) is 31.9 Å². The smallest absolute Gasteiger partial charge is 0.0536 e. The highest BCUT2D eigenvalue weighted by Gasteiger charge is 2.20. The van der Waals surface area contributed by atoms with Crippen molar-refractivity contribution in [1.29, 1.82) is 0 Å². The Morgan fingerprint density at radius 1 is 1.28 bits per heavy atom. The Bertz CT molecular complexity index is 559. The van der Waals surface area contributed by atoms with Gasteiger partial charge in [0.05, 0.1) is 12.7 Å². The molecule has 0 saturated carbocycles. The molecule has 0 unspecified atom stereocenters. The summed E-state index contributed by atoms with van der Waals surface area (Å²) in [6, 6.07) is 6.19. The molecule has 0 atom stereocenters. The van der Waals surface area contributed by atoms with Crippen LogP contribution in [0.15, 0.2) is 30.6 Å². The van der Waals surface area contributed by atoms with Crippen molar-refractivity contribution in [3.8, 4) is 0 Å². The average Bonchev–Trinajstić information content (AvgIpc) is 2.93. The lowest BCUT2D eigenvalue weighted by molar-refractivity contribution is 0.267. The number of nitrogens with two attached hydrogens (primary N) is 1. The number of anilines is 1. The van der Waals surface area contributed by atoms with Gasteiger partial charge in [-0.1, -0.05) is 12.1 Å². The van der Waals surface area contributed by atoms with Gasteiger partial charge in [0.15, 0.2) is 0 Å². The molecule has 2 aromatic rings. The molecular weight excluding hydrogens is 224 g/mol. The molecule has 0 aliphatic carbocycles. The predicted molar refractivity (Wildman–Crippen MR) is 71.9 cm³/mol. The first-order valence-electron chi connectivity index (χ1n) is 6.30. The highest BCUT2D eigenvalue weighted by atomic mass is 15.3. The summed E-state index contributed by atoms with van der Waals surface area (Å²) in [7, 11) is 0. The molecule has 94 valence electrons. The Labute approximate surface area is 107 Å². The first-order chi connectivity index (χ1) is 8.72. The van der Waals surface area contributed by atoms with Crippen molar-refractivity contribution in [2.24, 2.45) is 0 Å². The van der Waals surface area contributed by atoms with E-state index in [9.17, 15) is 0 Å². The standard InChI is InChI=1S/C14H18N4/c1-11-7-16-18(8-11)6-5-17-9-12-3-2-4-14(15)13(12)10-17/h2-4,7-8H,5-6,9-10,15H2,1H3. The van der Waals surface area contributed by atoms with Crippen molar-refractivity contribution in [3.05, 3.63) is 47.3 Å². The minimum Gasteiger partial charge on any atom is -0.398 e. The van der Waals surface area contributed by atoms with Crippen molar-refractivity contribution >= 4 is 5.69 Å². The van der Waals surface area contributed by atoms with Crippen LogP contribution >= 0.6 is 0 Å². The molecule has 1 aliphatic heterocycles. The first-order valence-corrected chi connectivity index (χ1v) is 6.30. The SMILES string of the molecule is Cc1cnn(CCN2Cc3cccc(N)c3C2)c1. The minimum absolute atomic E-state index is 0.921. The molecule has 0 bridgehead atoms. The molecule has 18 heavy (non-hydrogen) atoms. The van der Waals surface area contributed by atoms with Gasteiger partial charge in [0, 0.05) is 31.5 Å². The zero-order valence-corrected chi connectivity index (χ0v) is 10.6. The van der Waals surface area contributed by atoms with Crippen LogP contribution in [0, 0.1) is 6.92 Å². The number of fused-ring (bicyclic) bond motifs is 1. The quantitative estimate of drug-likeness (QED) is 0.835. The van der Waals surface area contributed by atoms with Crippen LogP contribution < -0.4 is 5.73 Å². The molecular formula is C14H18N4. The summed E-state index contributed by atoms with van der Waals surface area (Å²) in [6.45, 7) is 5.97. The van der Waals surface area contributed by atoms with Gasteiger partial charge in [-0.2, -0.15) is 5.10 Å². The Hall–Kier alpha value is -1.81. The van der Waals surface area contributed by atoms with Gasteiger partial charge in [0.1, 0.15) is 0 Å². The van der Waals surface area contributed by atoms with Crippen molar-refractivity contribution in [3.63, 3.8) is 0 Å². The van der Waals surface area contributed by atoms with Gasteiger partial charge in [-0.3, -0.25) is 9.58 Å². The van der Waals surface area contributed by atoms with Gasteiger partial charge in [-0.05, 0) is 29.7 Å². The van der Waals surface area contributed by atoms with Crippen LogP contribution in [0.4, 0.5) is 5.69 Å². The maximum atomic E-state index is 6.00. The van der Waals surface area contributed by atoms with E-state index < -0.39 is 0 Å². The van der Waals surface area contributed by atoms with E-state index in [-0.39, 0.29) is 0 Å². The average molecular weight is 242 g/mol. The molecule has 0 spiro atoms. The second kappa shape index (κ2) is 4.46. The lowest BCUT2D eigenvalue weighted by Gasteiger charge is -2.14. The van der Waals surface area contributed by atoms with Crippen LogP contribution in [0.2, 0.25) is 0 Å². The molecule has 1 aromatic heterocycles. The van der Waals surface area contributed by atoms with E-state index in [2.05, 4.69) is 29.2 Å². The van der Waals surface area contributed by atoms with Gasteiger partial charge < -0.3 is 5.73 Å². The fourth-order valence-corrected chi connectivity index (χ4v) is 2.51. The molecule has 0 radical (unpaired) electrons. The number of aromatic nitrogens is 2. The summed E-state index contributed by atoms with van der Waals surface area (Å²) in [5.41, 5.74) is 10.8. The zero-order valence-electron chi connectivity index (χ0n) is 10.6. The molecule has 2 heterocycles. The Morgan fingerprint density at radius 2 is 2.17 bits per heavy atom. The number of hydrogen-bond acceptors (Lipinski definition) is 3. The third kappa shape index (κ3) is 2.11. The molecule has 3 rings (SSSR count). The highest BCUT2D eigenvalue weighted by Crippen LogP contribution is 2.27. The molecule has 0 saturated heterocycles. The molecule has 0 fully saturated rings. The second-order valence-corrected chi connectivity index (χ2v) is 4.98. The summed E-state index contributed by atoms with van der Waals surface area (Å²) < 4.78 is 2.00. The van der Waals surface area contributed by atoms with Crippen molar-refractivity contribution in [2.45, 2.75) is 26.6 Å². The Kier molecular flexibility index (Phi) is 2.80. The summed E-state index contributed by atoms with van der Waals surface area (Å²) in [5.74, 6) is 0. The summed E-state index contributed by atoms with van der Waals surface area (Å²) in [6.07, 6.45) is 3.98. The number of nitrogens with zero attached hydrogens (tertiary/aromatic N) is 3.